The molecule has 0 aliphatic rings. The minimum Gasteiger partial charge on any atom is -0.482 e. The highest BCUT2D eigenvalue weighted by molar-refractivity contribution is 7.94. The molecule has 0 unspecified atom stereocenters. The number of ether oxygens (including phenoxy) is 2. The molecule has 12 heteroatoms. The molecule has 3 aromatic heterocycles. The fourth-order valence-corrected chi connectivity index (χ4v) is 5.83. The maximum Gasteiger partial charge on any atom is 0.344 e. The third-order valence-electron chi connectivity index (χ3n) is 4.40. The molecule has 0 saturated carbocycles. The van der Waals surface area contributed by atoms with E-state index in [4.69, 9.17) is 9.47 Å². The van der Waals surface area contributed by atoms with Crippen molar-refractivity contribution in [3.05, 3.63) is 75.5 Å². The number of sulfonamides is 1. The van der Waals surface area contributed by atoms with Crippen LogP contribution in [0.1, 0.15) is 5.69 Å². The average molecular weight is 492 g/mol. The SMILES string of the molecule is CN(c1ccc(OCC(=O)OCc2cc(=O)n3ccsc3n2)cc1)S(=O)(=O)c1cccs1. The smallest absolute Gasteiger partial charge is 0.344 e. The molecule has 0 spiro atoms. The minimum atomic E-state index is -3.63. The zero-order valence-electron chi connectivity index (χ0n) is 16.7. The lowest BCUT2D eigenvalue weighted by molar-refractivity contribution is -0.147. The van der Waals surface area contributed by atoms with E-state index in [2.05, 4.69) is 4.98 Å². The molecular weight excluding hydrogens is 474 g/mol. The van der Waals surface area contributed by atoms with Gasteiger partial charge in [-0.1, -0.05) is 6.07 Å². The molecule has 0 N–H and O–H groups in total. The lowest BCUT2D eigenvalue weighted by atomic mass is 10.3. The summed E-state index contributed by atoms with van der Waals surface area (Å²) in [6.07, 6.45) is 1.62. The summed E-state index contributed by atoms with van der Waals surface area (Å²) in [4.78, 5) is 28.7. The van der Waals surface area contributed by atoms with Crippen LogP contribution < -0.4 is 14.6 Å². The van der Waals surface area contributed by atoms with Crippen LogP contribution in [0.15, 0.2) is 68.4 Å². The van der Waals surface area contributed by atoms with Gasteiger partial charge in [0.05, 0.1) is 11.4 Å². The third kappa shape index (κ3) is 4.66. The molecule has 0 aliphatic carbocycles. The monoisotopic (exact) mass is 491 g/mol. The Morgan fingerprint density at radius 3 is 2.66 bits per heavy atom. The Labute approximate surface area is 191 Å². The number of nitrogens with zero attached hydrogens (tertiary/aromatic N) is 3. The third-order valence-corrected chi connectivity index (χ3v) is 8.32. The second-order valence-electron chi connectivity index (χ2n) is 6.49. The molecular formula is C20H17N3O6S3. The normalized spacial score (nSPS) is 11.4. The number of carbonyl (C=O) groups is 1. The zero-order valence-corrected chi connectivity index (χ0v) is 19.2. The standard InChI is InChI=1S/C20H17N3O6S3/c1-22(32(26,27)19-3-2-9-30-19)15-4-6-16(7-5-15)28-13-18(25)29-12-14-11-17(24)23-8-10-31-20(23)21-14/h2-11H,12-13H2,1H3. The maximum atomic E-state index is 12.6. The molecule has 0 saturated heterocycles. The lowest BCUT2D eigenvalue weighted by Crippen LogP contribution is -2.25. The maximum absolute atomic E-state index is 12.6. The van der Waals surface area contributed by atoms with Gasteiger partial charge in [0.2, 0.25) is 0 Å². The van der Waals surface area contributed by atoms with Crippen LogP contribution in [0.4, 0.5) is 5.69 Å². The fraction of sp³-hybridized carbons (Fsp3) is 0.150. The lowest BCUT2D eigenvalue weighted by Gasteiger charge is -2.18. The van der Waals surface area contributed by atoms with E-state index in [0.717, 1.165) is 11.3 Å². The highest BCUT2D eigenvalue weighted by Crippen LogP contribution is 2.26. The summed E-state index contributed by atoms with van der Waals surface area (Å²) in [5, 5.41) is 3.44. The van der Waals surface area contributed by atoms with Gasteiger partial charge in [-0.3, -0.25) is 13.5 Å². The molecule has 0 amide bonds. The van der Waals surface area contributed by atoms with Gasteiger partial charge in [0.15, 0.2) is 11.6 Å². The molecule has 166 valence electrons. The topological polar surface area (TPSA) is 107 Å². The largest absolute Gasteiger partial charge is 0.482 e. The summed E-state index contributed by atoms with van der Waals surface area (Å²) in [5.74, 6) is -0.247. The molecule has 4 rings (SSSR count). The van der Waals surface area contributed by atoms with Gasteiger partial charge in [0.25, 0.3) is 15.6 Å². The Balaban J connectivity index is 1.31. The van der Waals surface area contributed by atoms with Gasteiger partial charge >= 0.3 is 5.97 Å². The van der Waals surface area contributed by atoms with E-state index < -0.39 is 16.0 Å². The zero-order chi connectivity index (χ0) is 22.7. The molecule has 0 radical (unpaired) electrons. The van der Waals surface area contributed by atoms with Crippen LogP contribution in [-0.2, 0) is 26.2 Å². The predicted octanol–water partition coefficient (Wildman–Crippen LogP) is 2.76. The van der Waals surface area contributed by atoms with Crippen molar-refractivity contribution in [2.24, 2.45) is 0 Å². The highest BCUT2D eigenvalue weighted by Gasteiger charge is 2.22. The number of carbonyl (C=O) groups excluding carboxylic acids is 1. The predicted molar refractivity (Wildman–Crippen MR) is 121 cm³/mol. The number of anilines is 1. The summed E-state index contributed by atoms with van der Waals surface area (Å²) in [7, 11) is -2.16. The van der Waals surface area contributed by atoms with E-state index in [1.54, 1.807) is 53.4 Å². The van der Waals surface area contributed by atoms with Gasteiger partial charge in [-0.05, 0) is 35.7 Å². The Kier molecular flexibility index (Phi) is 6.26. The van der Waals surface area contributed by atoms with Crippen molar-refractivity contribution in [2.75, 3.05) is 18.0 Å². The van der Waals surface area contributed by atoms with Crippen molar-refractivity contribution in [3.8, 4) is 5.75 Å². The van der Waals surface area contributed by atoms with Gasteiger partial charge in [0.1, 0.15) is 16.6 Å². The fourth-order valence-electron chi connectivity index (χ4n) is 2.74. The number of fused-ring (bicyclic) bond motifs is 1. The van der Waals surface area contributed by atoms with Crippen LogP contribution >= 0.6 is 22.7 Å². The molecule has 9 nitrogen and oxygen atoms in total. The average Bonchev–Trinajstić information content (AvgIpc) is 3.49. The van der Waals surface area contributed by atoms with Crippen molar-refractivity contribution >= 4 is 49.3 Å². The van der Waals surface area contributed by atoms with E-state index in [-0.39, 0.29) is 23.0 Å². The summed E-state index contributed by atoms with van der Waals surface area (Å²) in [6.45, 7) is -0.487. The number of aromatic nitrogens is 2. The first-order valence-electron chi connectivity index (χ1n) is 9.21. The number of thiazole rings is 1. The Bertz CT molecular complexity index is 1390. The van der Waals surface area contributed by atoms with Gasteiger partial charge in [-0.15, -0.1) is 22.7 Å². The summed E-state index contributed by atoms with van der Waals surface area (Å²) in [5.41, 5.74) is 0.560. The second kappa shape index (κ2) is 9.10. The number of hydrogen-bond acceptors (Lipinski definition) is 9. The number of thiophene rings is 1. The van der Waals surface area contributed by atoms with E-state index in [9.17, 15) is 18.0 Å². The Morgan fingerprint density at radius 1 is 1.16 bits per heavy atom. The van der Waals surface area contributed by atoms with Gasteiger partial charge in [-0.25, -0.2) is 18.2 Å². The first-order chi connectivity index (χ1) is 15.3. The number of esters is 1. The first kappa shape index (κ1) is 22.0. The first-order valence-corrected chi connectivity index (χ1v) is 12.4. The summed E-state index contributed by atoms with van der Waals surface area (Å²) >= 11 is 2.45. The molecule has 0 atom stereocenters. The Hall–Kier alpha value is -3.22. The van der Waals surface area contributed by atoms with E-state index in [1.165, 1.54) is 33.2 Å². The van der Waals surface area contributed by atoms with Gasteiger partial charge in [-0.2, -0.15) is 0 Å². The number of hydrogen-bond donors (Lipinski definition) is 0. The summed E-state index contributed by atoms with van der Waals surface area (Å²) < 4.78 is 38.5. The van der Waals surface area contributed by atoms with Gasteiger partial charge < -0.3 is 9.47 Å². The molecule has 0 bridgehead atoms. The molecule has 0 aliphatic heterocycles. The van der Waals surface area contributed by atoms with Crippen molar-refractivity contribution in [2.45, 2.75) is 10.8 Å². The van der Waals surface area contributed by atoms with Crippen LogP contribution in [0.3, 0.4) is 0 Å². The molecule has 3 heterocycles. The van der Waals surface area contributed by atoms with E-state index in [0.29, 0.717) is 22.1 Å². The highest BCUT2D eigenvalue weighted by atomic mass is 32.2. The van der Waals surface area contributed by atoms with Crippen molar-refractivity contribution in [1.29, 1.82) is 0 Å². The minimum absolute atomic E-state index is 0.143. The second-order valence-corrected chi connectivity index (χ2v) is 10.5. The quantitative estimate of drug-likeness (QED) is 0.349. The van der Waals surface area contributed by atoms with Crippen LogP contribution in [-0.4, -0.2) is 37.4 Å². The molecule has 0 fully saturated rings. The van der Waals surface area contributed by atoms with Crippen LogP contribution in [0.2, 0.25) is 0 Å². The van der Waals surface area contributed by atoms with Crippen molar-refractivity contribution in [3.63, 3.8) is 0 Å². The van der Waals surface area contributed by atoms with Crippen LogP contribution in [0.5, 0.6) is 5.75 Å². The number of rotatable bonds is 8. The molecule has 4 aromatic rings. The molecule has 1 aromatic carbocycles. The van der Waals surface area contributed by atoms with Gasteiger partial charge in [0, 0.05) is 24.7 Å². The Morgan fingerprint density at radius 2 is 1.94 bits per heavy atom. The van der Waals surface area contributed by atoms with E-state index >= 15 is 0 Å². The van der Waals surface area contributed by atoms with E-state index in [1.807, 2.05) is 0 Å². The van der Waals surface area contributed by atoms with Crippen molar-refractivity contribution < 1.29 is 22.7 Å². The van der Waals surface area contributed by atoms with Crippen molar-refractivity contribution in [1.82, 2.24) is 9.38 Å². The summed E-state index contributed by atoms with van der Waals surface area (Å²) in [6, 6.07) is 10.8. The number of benzene rings is 1. The van der Waals surface area contributed by atoms with Crippen LogP contribution in [0.25, 0.3) is 4.96 Å². The molecule has 32 heavy (non-hydrogen) atoms. The van der Waals surface area contributed by atoms with Crippen LogP contribution in [0, 0.1) is 0 Å².